The number of rotatable bonds is 6. The van der Waals surface area contributed by atoms with Gasteiger partial charge in [0, 0.05) is 29.7 Å². The predicted octanol–water partition coefficient (Wildman–Crippen LogP) is 5.61. The molecular formula is C27H23N3O2. The molecule has 1 heterocycles. The maximum absolute atomic E-state index is 12.8. The van der Waals surface area contributed by atoms with Gasteiger partial charge < -0.3 is 9.84 Å². The molecule has 0 unspecified atom stereocenters. The molecule has 0 spiro atoms. The third kappa shape index (κ3) is 4.76. The molecule has 5 heteroatoms. The van der Waals surface area contributed by atoms with Crippen LogP contribution in [0.1, 0.15) is 41.1 Å². The van der Waals surface area contributed by atoms with Crippen molar-refractivity contribution in [2.75, 3.05) is 0 Å². The highest BCUT2D eigenvalue weighted by Crippen LogP contribution is 2.30. The molecule has 0 aliphatic heterocycles. The maximum atomic E-state index is 12.8. The zero-order chi connectivity index (χ0) is 22.5. The lowest BCUT2D eigenvalue weighted by molar-refractivity contribution is 0.0943. The number of hydrogen-bond donors (Lipinski definition) is 1. The van der Waals surface area contributed by atoms with E-state index in [-0.39, 0.29) is 11.9 Å². The zero-order valence-corrected chi connectivity index (χ0v) is 18.0. The van der Waals surface area contributed by atoms with Gasteiger partial charge in [0.1, 0.15) is 11.5 Å². The summed E-state index contributed by atoms with van der Waals surface area (Å²) in [6.45, 7) is 3.84. The summed E-state index contributed by atoms with van der Waals surface area (Å²) in [6, 6.07) is 27.1. The second-order valence-corrected chi connectivity index (χ2v) is 7.93. The summed E-state index contributed by atoms with van der Waals surface area (Å²) in [7, 11) is 0. The average Bonchev–Trinajstić information content (AvgIpc) is 3.27. The van der Waals surface area contributed by atoms with Gasteiger partial charge in [-0.3, -0.25) is 4.79 Å². The highest BCUT2D eigenvalue weighted by Gasteiger charge is 2.16. The lowest BCUT2D eigenvalue weighted by Crippen LogP contribution is -2.30. The smallest absolute Gasteiger partial charge is 0.251 e. The highest BCUT2D eigenvalue weighted by molar-refractivity contribution is 5.97. The van der Waals surface area contributed by atoms with Crippen LogP contribution in [0.2, 0.25) is 0 Å². The van der Waals surface area contributed by atoms with E-state index >= 15 is 0 Å². The first kappa shape index (κ1) is 21.1. The molecule has 32 heavy (non-hydrogen) atoms. The van der Waals surface area contributed by atoms with Crippen LogP contribution in [0, 0.1) is 11.3 Å². The van der Waals surface area contributed by atoms with Crippen LogP contribution in [-0.2, 0) is 6.42 Å². The van der Waals surface area contributed by atoms with Gasteiger partial charge in [-0.25, -0.2) is 0 Å². The van der Waals surface area contributed by atoms with Crippen molar-refractivity contribution in [3.63, 3.8) is 0 Å². The minimum atomic E-state index is -0.175. The summed E-state index contributed by atoms with van der Waals surface area (Å²) < 4.78 is 5.58. The second-order valence-electron chi connectivity index (χ2n) is 7.93. The molecule has 158 valence electrons. The molecule has 3 aromatic carbocycles. The van der Waals surface area contributed by atoms with Crippen molar-refractivity contribution in [2.45, 2.75) is 26.3 Å². The summed E-state index contributed by atoms with van der Waals surface area (Å²) in [5, 5.41) is 16.7. The Balaban J connectivity index is 1.76. The normalized spacial score (nSPS) is 10.7. The first-order chi connectivity index (χ1) is 15.5. The molecule has 4 rings (SSSR count). The number of amides is 1. The first-order valence-corrected chi connectivity index (χ1v) is 10.5. The maximum Gasteiger partial charge on any atom is 0.251 e. The molecule has 0 aliphatic rings. The van der Waals surface area contributed by atoms with E-state index in [1.807, 2.05) is 80.6 Å². The van der Waals surface area contributed by atoms with Crippen LogP contribution in [0.4, 0.5) is 0 Å². The third-order valence-corrected chi connectivity index (χ3v) is 5.05. The third-order valence-electron chi connectivity index (χ3n) is 5.05. The Labute approximate surface area is 187 Å². The van der Waals surface area contributed by atoms with Crippen LogP contribution >= 0.6 is 0 Å². The fourth-order valence-electron chi connectivity index (χ4n) is 3.57. The van der Waals surface area contributed by atoms with E-state index in [0.717, 1.165) is 28.0 Å². The summed E-state index contributed by atoms with van der Waals surface area (Å²) in [5.41, 5.74) is 5.13. The molecule has 0 atom stereocenters. The van der Waals surface area contributed by atoms with Gasteiger partial charge in [-0.1, -0.05) is 53.7 Å². The summed E-state index contributed by atoms with van der Waals surface area (Å²) in [6.07, 6.45) is 0.630. The largest absolute Gasteiger partial charge is 0.360 e. The summed E-state index contributed by atoms with van der Waals surface area (Å²) >= 11 is 0. The van der Waals surface area contributed by atoms with Crippen molar-refractivity contribution in [3.8, 4) is 28.5 Å². The molecule has 5 nitrogen and oxygen atoms in total. The lowest BCUT2D eigenvalue weighted by Gasteiger charge is -2.12. The van der Waals surface area contributed by atoms with Crippen LogP contribution in [0.3, 0.4) is 0 Å². The zero-order valence-electron chi connectivity index (χ0n) is 18.0. The SMILES string of the molecule is CC(C)NC(=O)c1cc(-c2cc(Cc3ccccc3)on2)cc(-c2ccccc2C#N)c1. The van der Waals surface area contributed by atoms with Crippen molar-refractivity contribution >= 4 is 5.91 Å². The number of benzene rings is 3. The number of nitrogens with zero attached hydrogens (tertiary/aromatic N) is 2. The minimum absolute atomic E-state index is 0.00512. The molecule has 1 N–H and O–H groups in total. The van der Waals surface area contributed by atoms with E-state index < -0.39 is 0 Å². The Morgan fingerprint density at radius 2 is 1.72 bits per heavy atom. The van der Waals surface area contributed by atoms with Crippen LogP contribution in [0.25, 0.3) is 22.4 Å². The number of carbonyl (C=O) groups is 1. The fraction of sp³-hybridized carbons (Fsp3) is 0.148. The summed E-state index contributed by atoms with van der Waals surface area (Å²) in [4.78, 5) is 12.8. The van der Waals surface area contributed by atoms with Gasteiger partial charge in [0.25, 0.3) is 5.91 Å². The van der Waals surface area contributed by atoms with Gasteiger partial charge in [-0.2, -0.15) is 5.26 Å². The van der Waals surface area contributed by atoms with E-state index in [1.54, 1.807) is 12.1 Å². The minimum Gasteiger partial charge on any atom is -0.360 e. The molecule has 0 radical (unpaired) electrons. The monoisotopic (exact) mass is 421 g/mol. The number of carbonyl (C=O) groups excluding carboxylic acids is 1. The Hall–Kier alpha value is -4.17. The van der Waals surface area contributed by atoms with E-state index in [1.165, 1.54) is 0 Å². The van der Waals surface area contributed by atoms with Crippen LogP contribution in [-0.4, -0.2) is 17.1 Å². The molecule has 0 saturated carbocycles. The van der Waals surface area contributed by atoms with Crippen molar-refractivity contribution in [2.24, 2.45) is 0 Å². The number of aromatic nitrogens is 1. The van der Waals surface area contributed by atoms with Crippen LogP contribution in [0.15, 0.2) is 83.4 Å². The Morgan fingerprint density at radius 3 is 2.47 bits per heavy atom. The van der Waals surface area contributed by atoms with E-state index in [4.69, 9.17) is 4.52 Å². The molecule has 1 amide bonds. The average molecular weight is 422 g/mol. The van der Waals surface area contributed by atoms with Crippen LogP contribution in [0.5, 0.6) is 0 Å². The molecular weight excluding hydrogens is 398 g/mol. The van der Waals surface area contributed by atoms with E-state index in [2.05, 4.69) is 16.5 Å². The quantitative estimate of drug-likeness (QED) is 0.439. The molecule has 0 saturated heterocycles. The molecule has 0 fully saturated rings. The van der Waals surface area contributed by atoms with Crippen molar-refractivity contribution in [1.82, 2.24) is 10.5 Å². The predicted molar refractivity (Wildman–Crippen MR) is 124 cm³/mol. The van der Waals surface area contributed by atoms with Gasteiger partial charge in [0.15, 0.2) is 0 Å². The van der Waals surface area contributed by atoms with Crippen LogP contribution < -0.4 is 5.32 Å². The fourth-order valence-corrected chi connectivity index (χ4v) is 3.57. The first-order valence-electron chi connectivity index (χ1n) is 10.5. The van der Waals surface area contributed by atoms with Crippen molar-refractivity contribution in [3.05, 3.63) is 101 Å². The Kier molecular flexibility index (Phi) is 6.14. The van der Waals surface area contributed by atoms with Gasteiger partial charge in [0.05, 0.1) is 11.6 Å². The van der Waals surface area contributed by atoms with Gasteiger partial charge >= 0.3 is 0 Å². The Bertz CT molecular complexity index is 1280. The van der Waals surface area contributed by atoms with Gasteiger partial charge in [0.2, 0.25) is 0 Å². The topological polar surface area (TPSA) is 78.9 Å². The lowest BCUT2D eigenvalue weighted by atomic mass is 9.95. The van der Waals surface area contributed by atoms with Crippen molar-refractivity contribution < 1.29 is 9.32 Å². The molecule has 0 aliphatic carbocycles. The standard InChI is InChI=1S/C27H23N3O2/c1-18(2)29-27(31)23-14-21(25-11-7-6-10-20(25)17-28)13-22(15-23)26-16-24(32-30-26)12-19-8-4-3-5-9-19/h3-11,13-16,18H,12H2,1-2H3,(H,29,31). The number of nitriles is 1. The Morgan fingerprint density at radius 1 is 1.00 bits per heavy atom. The number of hydrogen-bond acceptors (Lipinski definition) is 4. The molecule has 4 aromatic rings. The second kappa shape index (κ2) is 9.32. The summed E-state index contributed by atoms with van der Waals surface area (Å²) in [5.74, 6) is 0.563. The van der Waals surface area contributed by atoms with E-state index in [0.29, 0.717) is 23.2 Å². The van der Waals surface area contributed by atoms with Gasteiger partial charge in [-0.15, -0.1) is 0 Å². The highest BCUT2D eigenvalue weighted by atomic mass is 16.5. The van der Waals surface area contributed by atoms with E-state index in [9.17, 15) is 10.1 Å². The van der Waals surface area contributed by atoms with Crippen molar-refractivity contribution in [1.29, 1.82) is 5.26 Å². The molecule has 0 bridgehead atoms. The molecule has 1 aromatic heterocycles. The van der Waals surface area contributed by atoms with Gasteiger partial charge in [-0.05, 0) is 54.8 Å². The number of nitrogens with one attached hydrogen (secondary N) is 1.